The highest BCUT2D eigenvalue weighted by atomic mass is 19.1. The van der Waals surface area contributed by atoms with Gasteiger partial charge in [-0.1, -0.05) is 0 Å². The maximum Gasteiger partial charge on any atom is 0.407 e. The molecule has 1 atom stereocenters. The fourth-order valence-electron chi connectivity index (χ4n) is 0.748. The van der Waals surface area contributed by atoms with E-state index in [2.05, 4.69) is 10.1 Å². The van der Waals surface area contributed by atoms with Crippen molar-refractivity contribution in [1.82, 2.24) is 5.32 Å². The fourth-order valence-corrected chi connectivity index (χ4v) is 0.748. The van der Waals surface area contributed by atoms with Gasteiger partial charge in [-0.25, -0.2) is 9.18 Å². The molecule has 1 N–H and O–H groups in total. The average Bonchev–Trinajstić information content (AvgIpc) is 1.98. The van der Waals surface area contributed by atoms with Gasteiger partial charge in [-0.3, -0.25) is 0 Å². The summed E-state index contributed by atoms with van der Waals surface area (Å²) < 4.78 is 22.3. The Morgan fingerprint density at radius 1 is 1.50 bits per heavy atom. The van der Waals surface area contributed by atoms with Gasteiger partial charge in [0.1, 0.15) is 11.8 Å². The van der Waals surface area contributed by atoms with Crippen LogP contribution in [0.3, 0.4) is 0 Å². The second kappa shape index (κ2) is 5.80. The van der Waals surface area contributed by atoms with Crippen LogP contribution in [0.1, 0.15) is 20.8 Å². The molecule has 0 radical (unpaired) electrons. The van der Waals surface area contributed by atoms with Gasteiger partial charge in [-0.2, -0.15) is 0 Å². The molecule has 0 spiro atoms. The van der Waals surface area contributed by atoms with Crippen molar-refractivity contribution >= 4 is 6.09 Å². The fraction of sp³-hybridized carbons (Fsp3) is 0.889. The zero-order valence-electron chi connectivity index (χ0n) is 9.09. The summed E-state index contributed by atoms with van der Waals surface area (Å²) in [5, 5.41) is 2.31. The zero-order valence-corrected chi connectivity index (χ0v) is 9.09. The summed E-state index contributed by atoms with van der Waals surface area (Å²) in [4.78, 5) is 11.0. The molecule has 1 amide bonds. The van der Waals surface area contributed by atoms with Crippen LogP contribution in [-0.4, -0.2) is 38.1 Å². The summed E-state index contributed by atoms with van der Waals surface area (Å²) in [6.07, 6.45) is -1.82. The number of methoxy groups -OCH3 is 1. The van der Waals surface area contributed by atoms with E-state index in [1.807, 2.05) is 0 Å². The maximum atomic E-state index is 12.8. The molecule has 14 heavy (non-hydrogen) atoms. The van der Waals surface area contributed by atoms with Crippen LogP contribution >= 0.6 is 0 Å². The van der Waals surface area contributed by atoms with Gasteiger partial charge in [0.05, 0.1) is 13.2 Å². The highest BCUT2D eigenvalue weighted by molar-refractivity contribution is 5.67. The molecule has 0 aromatic heterocycles. The molecule has 4 nitrogen and oxygen atoms in total. The van der Waals surface area contributed by atoms with Crippen molar-refractivity contribution in [3.8, 4) is 0 Å². The maximum absolute atomic E-state index is 12.8. The summed E-state index contributed by atoms with van der Waals surface area (Å²) in [6, 6.07) is 0. The summed E-state index contributed by atoms with van der Waals surface area (Å²) in [5.41, 5.74) is -0.558. The summed E-state index contributed by atoms with van der Waals surface area (Å²) in [6.45, 7) is 5.11. The van der Waals surface area contributed by atoms with E-state index in [1.165, 1.54) is 7.11 Å². The predicted octanol–water partition coefficient (Wildman–Crippen LogP) is 1.50. The molecule has 84 valence electrons. The lowest BCUT2D eigenvalue weighted by molar-refractivity contribution is 0.0492. The molecule has 0 bridgehead atoms. The molecule has 0 fully saturated rings. The normalized spacial score (nSPS) is 13.5. The van der Waals surface area contributed by atoms with Gasteiger partial charge in [-0.05, 0) is 20.8 Å². The van der Waals surface area contributed by atoms with Gasteiger partial charge < -0.3 is 14.8 Å². The van der Waals surface area contributed by atoms with Crippen LogP contribution in [0.4, 0.5) is 9.18 Å². The highest BCUT2D eigenvalue weighted by Crippen LogP contribution is 2.06. The number of alkyl carbamates (subject to hydrolysis) is 1. The lowest BCUT2D eigenvalue weighted by Gasteiger charge is -2.20. The van der Waals surface area contributed by atoms with Crippen LogP contribution in [0.2, 0.25) is 0 Å². The van der Waals surface area contributed by atoms with Crippen LogP contribution in [0.5, 0.6) is 0 Å². The summed E-state index contributed by atoms with van der Waals surface area (Å²) in [7, 11) is 1.40. The van der Waals surface area contributed by atoms with E-state index in [0.29, 0.717) is 0 Å². The number of nitrogens with one attached hydrogen (secondary N) is 1. The Labute approximate surface area is 83.8 Å². The minimum absolute atomic E-state index is 0.0319. The van der Waals surface area contributed by atoms with E-state index in [0.717, 1.165) is 0 Å². The molecule has 0 aromatic carbocycles. The number of hydrogen-bond acceptors (Lipinski definition) is 3. The Balaban J connectivity index is 3.64. The molecule has 1 unspecified atom stereocenters. The molecular formula is C9H18FNO3. The number of hydrogen-bond donors (Lipinski definition) is 1. The largest absolute Gasteiger partial charge is 0.444 e. The van der Waals surface area contributed by atoms with Crippen molar-refractivity contribution in [3.05, 3.63) is 0 Å². The average molecular weight is 207 g/mol. The Bertz CT molecular complexity index is 179. The number of alkyl halides is 1. The number of halogens is 1. The van der Waals surface area contributed by atoms with Crippen molar-refractivity contribution in [2.75, 3.05) is 20.3 Å². The van der Waals surface area contributed by atoms with Crippen molar-refractivity contribution < 1.29 is 18.7 Å². The number of ether oxygens (including phenoxy) is 2. The van der Waals surface area contributed by atoms with E-state index < -0.39 is 17.9 Å². The Kier molecular flexibility index (Phi) is 5.45. The van der Waals surface area contributed by atoms with Gasteiger partial charge in [0.25, 0.3) is 0 Å². The molecule has 0 saturated heterocycles. The predicted molar refractivity (Wildman–Crippen MR) is 51.0 cm³/mol. The van der Waals surface area contributed by atoms with E-state index in [9.17, 15) is 9.18 Å². The Hall–Kier alpha value is -0.840. The molecule has 0 aliphatic heterocycles. The molecular weight excluding hydrogens is 189 g/mol. The molecule has 5 heteroatoms. The van der Waals surface area contributed by atoms with E-state index in [-0.39, 0.29) is 13.2 Å². The van der Waals surface area contributed by atoms with Crippen LogP contribution in [0.25, 0.3) is 0 Å². The van der Waals surface area contributed by atoms with Gasteiger partial charge >= 0.3 is 6.09 Å². The van der Waals surface area contributed by atoms with Gasteiger partial charge in [-0.15, -0.1) is 0 Å². The third-order valence-corrected chi connectivity index (χ3v) is 1.21. The minimum atomic E-state index is -1.20. The first-order valence-corrected chi connectivity index (χ1v) is 4.45. The van der Waals surface area contributed by atoms with Gasteiger partial charge in [0.15, 0.2) is 0 Å². The Morgan fingerprint density at radius 2 is 2.07 bits per heavy atom. The second-order valence-corrected chi connectivity index (χ2v) is 3.94. The van der Waals surface area contributed by atoms with Gasteiger partial charge in [0.2, 0.25) is 0 Å². The Morgan fingerprint density at radius 3 is 2.50 bits per heavy atom. The zero-order chi connectivity index (χ0) is 11.2. The monoisotopic (exact) mass is 207 g/mol. The van der Waals surface area contributed by atoms with Crippen LogP contribution in [0, 0.1) is 0 Å². The van der Waals surface area contributed by atoms with Crippen LogP contribution in [-0.2, 0) is 9.47 Å². The van der Waals surface area contributed by atoms with Crippen LogP contribution in [0.15, 0.2) is 0 Å². The quantitative estimate of drug-likeness (QED) is 0.759. The smallest absolute Gasteiger partial charge is 0.407 e. The summed E-state index contributed by atoms with van der Waals surface area (Å²) in [5.74, 6) is 0. The summed E-state index contributed by atoms with van der Waals surface area (Å²) >= 11 is 0. The molecule has 0 saturated carbocycles. The number of carbonyl (C=O) groups excluding carboxylic acids is 1. The third-order valence-electron chi connectivity index (χ3n) is 1.21. The van der Waals surface area contributed by atoms with Gasteiger partial charge in [0, 0.05) is 7.11 Å². The molecule has 0 heterocycles. The van der Waals surface area contributed by atoms with E-state index in [4.69, 9.17) is 4.74 Å². The van der Waals surface area contributed by atoms with E-state index in [1.54, 1.807) is 20.8 Å². The molecule has 0 rings (SSSR count). The third kappa shape index (κ3) is 7.79. The van der Waals surface area contributed by atoms with Crippen molar-refractivity contribution in [2.45, 2.75) is 32.5 Å². The number of rotatable bonds is 4. The minimum Gasteiger partial charge on any atom is -0.444 e. The highest BCUT2D eigenvalue weighted by Gasteiger charge is 2.16. The van der Waals surface area contributed by atoms with Crippen molar-refractivity contribution in [2.24, 2.45) is 0 Å². The first-order valence-electron chi connectivity index (χ1n) is 4.45. The lowest BCUT2D eigenvalue weighted by atomic mass is 10.2. The molecule has 0 aromatic rings. The topological polar surface area (TPSA) is 47.6 Å². The van der Waals surface area contributed by atoms with Crippen LogP contribution < -0.4 is 5.32 Å². The SMILES string of the molecule is COCC(F)CNC(=O)OC(C)(C)C. The number of amides is 1. The van der Waals surface area contributed by atoms with Crippen molar-refractivity contribution in [1.29, 1.82) is 0 Å². The first-order chi connectivity index (χ1) is 6.35. The second-order valence-electron chi connectivity index (χ2n) is 3.94. The van der Waals surface area contributed by atoms with Crippen molar-refractivity contribution in [3.63, 3.8) is 0 Å². The molecule has 0 aliphatic carbocycles. The lowest BCUT2D eigenvalue weighted by Crippen LogP contribution is -2.36. The van der Waals surface area contributed by atoms with E-state index >= 15 is 0 Å². The number of carbonyl (C=O) groups is 1. The molecule has 0 aliphatic rings. The first kappa shape index (κ1) is 13.2. The standard InChI is InChI=1S/C9H18FNO3/c1-9(2,3)14-8(12)11-5-7(10)6-13-4/h7H,5-6H2,1-4H3,(H,11,12).